The summed E-state index contributed by atoms with van der Waals surface area (Å²) in [6.45, 7) is 5.33. The van der Waals surface area contributed by atoms with Crippen molar-refractivity contribution in [2.45, 2.75) is 45.0 Å². The molecule has 1 aromatic carbocycles. The summed E-state index contributed by atoms with van der Waals surface area (Å²) in [6, 6.07) is 3.30. The number of carbonyl (C=O) groups excluding carboxylic acids is 2. The third-order valence-electron chi connectivity index (χ3n) is 6.13. The molecule has 0 unspecified atom stereocenters. The largest absolute Gasteiger partial charge is 0.573 e. The average Bonchev–Trinajstić information content (AvgIpc) is 3.48. The molecular formula is C24H25F3N6O4S. The number of hydrogen-bond donors (Lipinski definition) is 1. The summed E-state index contributed by atoms with van der Waals surface area (Å²) in [6.07, 6.45) is -1.70. The first-order chi connectivity index (χ1) is 18.1. The summed E-state index contributed by atoms with van der Waals surface area (Å²) in [7, 11) is 0. The maximum Gasteiger partial charge on any atom is 0.573 e. The van der Waals surface area contributed by atoms with Gasteiger partial charge in [0.1, 0.15) is 16.5 Å². The summed E-state index contributed by atoms with van der Waals surface area (Å²) in [5, 5.41) is 7.56. The molecule has 14 heteroatoms. The lowest BCUT2D eigenvalue weighted by molar-refractivity contribution is -0.274. The van der Waals surface area contributed by atoms with E-state index < -0.39 is 24.1 Å². The molecule has 5 rings (SSSR count). The Balaban J connectivity index is 1.35. The number of carbonyl (C=O) groups is 2. The van der Waals surface area contributed by atoms with Crippen LogP contribution in [-0.4, -0.2) is 69.1 Å². The van der Waals surface area contributed by atoms with Crippen molar-refractivity contribution < 1.29 is 32.2 Å². The Kier molecular flexibility index (Phi) is 7.09. The van der Waals surface area contributed by atoms with Crippen LogP contribution in [0.1, 0.15) is 69.0 Å². The minimum Gasteiger partial charge on any atom is -0.406 e. The minimum atomic E-state index is -4.87. The number of morpholine rings is 1. The summed E-state index contributed by atoms with van der Waals surface area (Å²) in [5.74, 6) is -0.264. The van der Waals surface area contributed by atoms with Gasteiger partial charge in [0.2, 0.25) is 5.13 Å². The van der Waals surface area contributed by atoms with Crippen molar-refractivity contribution in [1.29, 1.82) is 0 Å². The van der Waals surface area contributed by atoms with E-state index in [0.717, 1.165) is 30.2 Å². The fourth-order valence-electron chi connectivity index (χ4n) is 4.18. The molecule has 0 radical (unpaired) electrons. The Labute approximate surface area is 219 Å². The molecule has 0 bridgehead atoms. The van der Waals surface area contributed by atoms with Gasteiger partial charge in [0.25, 0.3) is 11.8 Å². The number of amides is 2. The maximum atomic E-state index is 13.1. The lowest BCUT2D eigenvalue weighted by Crippen LogP contribution is -2.40. The standard InChI is InChI=1S/C24H25F3N6O4S/c1-13(29-21(34)17-9-16(15-3-4-15)10-18(11-17)37-24(25,26)27)20-30-14(2)31-33(20)23-28-12-19(38-23)22(35)32-5-7-36-8-6-32/h9-13,15H,3-8H2,1-2H3,(H,29,34)/t13-/m0/s1. The fraction of sp³-hybridized carbons (Fsp3) is 0.458. The molecule has 2 amide bonds. The average molecular weight is 551 g/mol. The number of ether oxygens (including phenoxy) is 2. The quantitative estimate of drug-likeness (QED) is 0.477. The van der Waals surface area contributed by atoms with Crippen LogP contribution < -0.4 is 10.1 Å². The van der Waals surface area contributed by atoms with Crippen molar-refractivity contribution in [2.75, 3.05) is 26.3 Å². The fourth-order valence-corrected chi connectivity index (χ4v) is 5.02. The highest BCUT2D eigenvalue weighted by Gasteiger charge is 2.33. The zero-order valence-electron chi connectivity index (χ0n) is 20.6. The van der Waals surface area contributed by atoms with Gasteiger partial charge in [-0.2, -0.15) is 4.68 Å². The van der Waals surface area contributed by atoms with Gasteiger partial charge in [-0.05, 0) is 56.4 Å². The van der Waals surface area contributed by atoms with E-state index in [9.17, 15) is 22.8 Å². The molecule has 3 heterocycles. The number of aryl methyl sites for hydroxylation is 1. The summed E-state index contributed by atoms with van der Waals surface area (Å²) >= 11 is 1.15. The molecule has 1 aliphatic heterocycles. The Morgan fingerprint density at radius 2 is 1.95 bits per heavy atom. The highest BCUT2D eigenvalue weighted by Crippen LogP contribution is 2.42. The predicted octanol–water partition coefficient (Wildman–Crippen LogP) is 3.77. The summed E-state index contributed by atoms with van der Waals surface area (Å²) in [5.41, 5.74) is 0.680. The van der Waals surface area contributed by atoms with Crippen molar-refractivity contribution >= 4 is 23.2 Å². The van der Waals surface area contributed by atoms with E-state index in [0.29, 0.717) is 53.5 Å². The van der Waals surface area contributed by atoms with E-state index in [-0.39, 0.29) is 17.4 Å². The van der Waals surface area contributed by atoms with Gasteiger partial charge in [-0.3, -0.25) is 9.59 Å². The first-order valence-corrected chi connectivity index (χ1v) is 12.9. The number of alkyl halides is 3. The second kappa shape index (κ2) is 10.3. The van der Waals surface area contributed by atoms with Crippen LogP contribution in [0.4, 0.5) is 13.2 Å². The van der Waals surface area contributed by atoms with E-state index in [4.69, 9.17) is 4.74 Å². The monoisotopic (exact) mass is 550 g/mol. The highest BCUT2D eigenvalue weighted by atomic mass is 32.1. The number of rotatable bonds is 7. The molecule has 3 aromatic rings. The van der Waals surface area contributed by atoms with Gasteiger partial charge in [0.15, 0.2) is 5.82 Å². The molecule has 2 aliphatic rings. The molecule has 38 heavy (non-hydrogen) atoms. The minimum absolute atomic E-state index is 0.0518. The molecule has 2 aromatic heterocycles. The Morgan fingerprint density at radius 3 is 2.63 bits per heavy atom. The maximum absolute atomic E-state index is 13.1. The summed E-state index contributed by atoms with van der Waals surface area (Å²) in [4.78, 5) is 36.8. The zero-order valence-corrected chi connectivity index (χ0v) is 21.4. The van der Waals surface area contributed by atoms with E-state index in [1.807, 2.05) is 0 Å². The predicted molar refractivity (Wildman–Crippen MR) is 129 cm³/mol. The second-order valence-corrected chi connectivity index (χ2v) is 10.2. The van der Waals surface area contributed by atoms with E-state index in [1.165, 1.54) is 16.9 Å². The molecule has 202 valence electrons. The van der Waals surface area contributed by atoms with Gasteiger partial charge in [-0.1, -0.05) is 11.3 Å². The SMILES string of the molecule is Cc1nc([C@H](C)NC(=O)c2cc(OC(F)(F)F)cc(C3CC3)c2)n(-c2ncc(C(=O)N3CCOCC3)s2)n1. The molecule has 1 aliphatic carbocycles. The van der Waals surface area contributed by atoms with Crippen molar-refractivity contribution in [2.24, 2.45) is 0 Å². The first-order valence-electron chi connectivity index (χ1n) is 12.1. The number of halogens is 3. The summed E-state index contributed by atoms with van der Waals surface area (Å²) < 4.78 is 49.4. The number of aromatic nitrogens is 4. The van der Waals surface area contributed by atoms with Crippen LogP contribution in [0, 0.1) is 6.92 Å². The van der Waals surface area contributed by atoms with Crippen LogP contribution in [0.5, 0.6) is 5.75 Å². The first kappa shape index (κ1) is 26.1. The number of nitrogens with zero attached hydrogens (tertiary/aromatic N) is 5. The topological polar surface area (TPSA) is 111 Å². The molecule has 2 fully saturated rings. The molecule has 1 saturated heterocycles. The van der Waals surface area contributed by atoms with Gasteiger partial charge in [0.05, 0.1) is 25.5 Å². The molecule has 1 saturated carbocycles. The number of hydrogen-bond acceptors (Lipinski definition) is 8. The van der Waals surface area contributed by atoms with Crippen molar-refractivity contribution in [3.63, 3.8) is 0 Å². The molecule has 1 atom stereocenters. The van der Waals surface area contributed by atoms with Crippen LogP contribution in [-0.2, 0) is 4.74 Å². The van der Waals surface area contributed by atoms with Crippen LogP contribution in [0.3, 0.4) is 0 Å². The smallest absolute Gasteiger partial charge is 0.406 e. The Bertz CT molecular complexity index is 1350. The third kappa shape index (κ3) is 5.96. The van der Waals surface area contributed by atoms with Gasteiger partial charge in [-0.15, -0.1) is 18.3 Å². The van der Waals surface area contributed by atoms with E-state index >= 15 is 0 Å². The van der Waals surface area contributed by atoms with E-state index in [1.54, 1.807) is 24.8 Å². The normalized spacial score (nSPS) is 16.8. The van der Waals surface area contributed by atoms with Crippen LogP contribution in [0.25, 0.3) is 5.13 Å². The Morgan fingerprint density at radius 1 is 1.21 bits per heavy atom. The molecule has 10 nitrogen and oxygen atoms in total. The van der Waals surface area contributed by atoms with Gasteiger partial charge >= 0.3 is 6.36 Å². The van der Waals surface area contributed by atoms with Crippen molar-refractivity contribution in [3.05, 3.63) is 52.0 Å². The van der Waals surface area contributed by atoms with Crippen LogP contribution in [0.2, 0.25) is 0 Å². The molecule has 1 N–H and O–H groups in total. The van der Waals surface area contributed by atoms with Gasteiger partial charge < -0.3 is 19.7 Å². The molecule has 0 spiro atoms. The van der Waals surface area contributed by atoms with Gasteiger partial charge in [0, 0.05) is 18.7 Å². The number of thiazole rings is 1. The second-order valence-electron chi connectivity index (χ2n) is 9.15. The molecular weight excluding hydrogens is 525 g/mol. The zero-order chi connectivity index (χ0) is 27.0. The van der Waals surface area contributed by atoms with Gasteiger partial charge in [-0.25, -0.2) is 9.97 Å². The van der Waals surface area contributed by atoms with Crippen LogP contribution >= 0.6 is 11.3 Å². The lowest BCUT2D eigenvalue weighted by Gasteiger charge is -2.26. The number of nitrogens with one attached hydrogen (secondary N) is 1. The lowest BCUT2D eigenvalue weighted by atomic mass is 10.1. The highest BCUT2D eigenvalue weighted by molar-refractivity contribution is 7.16. The van der Waals surface area contributed by atoms with Crippen LogP contribution in [0.15, 0.2) is 24.4 Å². The number of benzene rings is 1. The van der Waals surface area contributed by atoms with Crippen molar-refractivity contribution in [3.8, 4) is 10.9 Å². The Hall–Kier alpha value is -3.52. The third-order valence-corrected chi connectivity index (χ3v) is 7.09. The van der Waals surface area contributed by atoms with E-state index in [2.05, 4.69) is 25.1 Å². The van der Waals surface area contributed by atoms with Crippen molar-refractivity contribution in [1.82, 2.24) is 30.0 Å².